The van der Waals surface area contributed by atoms with Crippen LogP contribution in [0.15, 0.2) is 0 Å². The first-order valence-corrected chi connectivity index (χ1v) is 6.72. The fraction of sp³-hybridized carbons (Fsp3) is 1.00. The molecule has 0 spiro atoms. The van der Waals surface area contributed by atoms with Crippen LogP contribution in [-0.4, -0.2) is 25.2 Å². The fourth-order valence-corrected chi connectivity index (χ4v) is 3.21. The molecule has 2 rings (SSSR count). The molecule has 15 heavy (non-hydrogen) atoms. The van der Waals surface area contributed by atoms with Crippen molar-refractivity contribution in [3.63, 3.8) is 0 Å². The lowest BCUT2D eigenvalue weighted by molar-refractivity contribution is 0.203. The van der Waals surface area contributed by atoms with Gasteiger partial charge in [0.25, 0.3) is 0 Å². The van der Waals surface area contributed by atoms with Gasteiger partial charge in [-0.25, -0.2) is 0 Å². The van der Waals surface area contributed by atoms with Crippen molar-refractivity contribution in [1.29, 1.82) is 0 Å². The Morgan fingerprint density at radius 3 is 2.67 bits per heavy atom. The maximum atomic E-state index is 3.87. The Bertz CT molecular complexity index is 187. The molecule has 2 heteroatoms. The zero-order valence-corrected chi connectivity index (χ0v) is 10.3. The number of rotatable bonds is 2. The van der Waals surface area contributed by atoms with Crippen LogP contribution in [0.3, 0.4) is 0 Å². The first-order chi connectivity index (χ1) is 7.25. The fourth-order valence-electron chi connectivity index (χ4n) is 3.21. The third-order valence-electron chi connectivity index (χ3n) is 4.18. The molecule has 1 aliphatic carbocycles. The molecule has 4 unspecified atom stereocenters. The minimum Gasteiger partial charge on any atom is -0.315 e. The predicted molar refractivity (Wildman–Crippen MR) is 65.0 cm³/mol. The van der Waals surface area contributed by atoms with E-state index in [1.54, 1.807) is 0 Å². The molecule has 0 radical (unpaired) electrons. The number of nitrogens with one attached hydrogen (secondary N) is 2. The van der Waals surface area contributed by atoms with E-state index >= 15 is 0 Å². The van der Waals surface area contributed by atoms with Crippen molar-refractivity contribution in [3.05, 3.63) is 0 Å². The zero-order valence-electron chi connectivity index (χ0n) is 10.3. The van der Waals surface area contributed by atoms with E-state index in [0.29, 0.717) is 0 Å². The standard InChI is InChI=1S/C13H26N2/c1-10-5-6-13(11(2)8-10)15-12-4-3-7-14-9-12/h10-15H,3-9H2,1-2H3. The van der Waals surface area contributed by atoms with E-state index in [4.69, 9.17) is 0 Å². The van der Waals surface area contributed by atoms with Crippen LogP contribution in [-0.2, 0) is 0 Å². The normalized spacial score (nSPS) is 42.8. The molecule has 1 heterocycles. The van der Waals surface area contributed by atoms with E-state index in [1.165, 1.54) is 45.2 Å². The Balaban J connectivity index is 1.77. The molecule has 0 aromatic carbocycles. The van der Waals surface area contributed by atoms with E-state index < -0.39 is 0 Å². The molecule has 4 atom stereocenters. The van der Waals surface area contributed by atoms with E-state index in [0.717, 1.165) is 23.9 Å². The zero-order chi connectivity index (χ0) is 10.7. The van der Waals surface area contributed by atoms with Crippen LogP contribution < -0.4 is 10.6 Å². The maximum Gasteiger partial charge on any atom is 0.0195 e. The van der Waals surface area contributed by atoms with Gasteiger partial charge in [-0.3, -0.25) is 0 Å². The first kappa shape index (κ1) is 11.4. The summed E-state index contributed by atoms with van der Waals surface area (Å²) in [6, 6.07) is 1.52. The molecule has 2 fully saturated rings. The second-order valence-electron chi connectivity index (χ2n) is 5.71. The van der Waals surface area contributed by atoms with Crippen LogP contribution in [0.4, 0.5) is 0 Å². The summed E-state index contributed by atoms with van der Waals surface area (Å²) < 4.78 is 0. The molecule has 2 N–H and O–H groups in total. The summed E-state index contributed by atoms with van der Waals surface area (Å²) in [7, 11) is 0. The molecule has 0 aromatic heterocycles. The number of hydrogen-bond acceptors (Lipinski definition) is 2. The first-order valence-electron chi connectivity index (χ1n) is 6.72. The summed E-state index contributed by atoms with van der Waals surface area (Å²) in [5.74, 6) is 1.82. The van der Waals surface area contributed by atoms with Crippen LogP contribution in [0.5, 0.6) is 0 Å². The van der Waals surface area contributed by atoms with Crippen molar-refractivity contribution < 1.29 is 0 Å². The average Bonchev–Trinajstić information content (AvgIpc) is 2.24. The smallest absolute Gasteiger partial charge is 0.0195 e. The van der Waals surface area contributed by atoms with Gasteiger partial charge < -0.3 is 10.6 Å². The van der Waals surface area contributed by atoms with Crippen molar-refractivity contribution >= 4 is 0 Å². The summed E-state index contributed by atoms with van der Waals surface area (Å²) in [6.07, 6.45) is 6.93. The van der Waals surface area contributed by atoms with Crippen LogP contribution in [0, 0.1) is 11.8 Å². The maximum absolute atomic E-state index is 3.87. The van der Waals surface area contributed by atoms with Gasteiger partial charge >= 0.3 is 0 Å². The molecule has 1 saturated heterocycles. The molecular formula is C13H26N2. The topological polar surface area (TPSA) is 24.1 Å². The molecule has 88 valence electrons. The highest BCUT2D eigenvalue weighted by molar-refractivity contribution is 4.85. The van der Waals surface area contributed by atoms with E-state index in [1.807, 2.05) is 0 Å². The summed E-state index contributed by atoms with van der Waals surface area (Å²) in [4.78, 5) is 0. The van der Waals surface area contributed by atoms with Crippen molar-refractivity contribution in [3.8, 4) is 0 Å². The van der Waals surface area contributed by atoms with Gasteiger partial charge in [-0.15, -0.1) is 0 Å². The minimum absolute atomic E-state index is 0.736. The van der Waals surface area contributed by atoms with Crippen molar-refractivity contribution in [2.75, 3.05) is 13.1 Å². The van der Waals surface area contributed by atoms with E-state index in [2.05, 4.69) is 24.5 Å². The van der Waals surface area contributed by atoms with Gasteiger partial charge in [0.1, 0.15) is 0 Å². The molecule has 1 aliphatic heterocycles. The van der Waals surface area contributed by atoms with Crippen LogP contribution in [0.2, 0.25) is 0 Å². The Morgan fingerprint density at radius 1 is 1.13 bits per heavy atom. The highest BCUT2D eigenvalue weighted by Crippen LogP contribution is 2.29. The van der Waals surface area contributed by atoms with Crippen LogP contribution in [0.25, 0.3) is 0 Å². The molecular weight excluding hydrogens is 184 g/mol. The Kier molecular flexibility index (Phi) is 4.04. The lowest BCUT2D eigenvalue weighted by atomic mass is 9.79. The van der Waals surface area contributed by atoms with Gasteiger partial charge in [0.2, 0.25) is 0 Å². The third-order valence-corrected chi connectivity index (χ3v) is 4.18. The lowest BCUT2D eigenvalue weighted by Gasteiger charge is -2.37. The number of hydrogen-bond donors (Lipinski definition) is 2. The molecule has 2 nitrogen and oxygen atoms in total. The SMILES string of the molecule is CC1CCC(NC2CCCNC2)C(C)C1. The summed E-state index contributed by atoms with van der Waals surface area (Å²) in [6.45, 7) is 7.21. The largest absolute Gasteiger partial charge is 0.315 e. The minimum atomic E-state index is 0.736. The van der Waals surface area contributed by atoms with Gasteiger partial charge in [0, 0.05) is 18.6 Å². The van der Waals surface area contributed by atoms with Crippen molar-refractivity contribution in [2.45, 2.75) is 58.0 Å². The molecule has 0 amide bonds. The Labute approximate surface area is 94.2 Å². The quantitative estimate of drug-likeness (QED) is 0.730. The van der Waals surface area contributed by atoms with Gasteiger partial charge in [-0.2, -0.15) is 0 Å². The van der Waals surface area contributed by atoms with E-state index in [-0.39, 0.29) is 0 Å². The Hall–Kier alpha value is -0.0800. The second kappa shape index (κ2) is 5.31. The van der Waals surface area contributed by atoms with E-state index in [9.17, 15) is 0 Å². The van der Waals surface area contributed by atoms with Crippen LogP contribution in [0.1, 0.15) is 46.0 Å². The van der Waals surface area contributed by atoms with Crippen LogP contribution >= 0.6 is 0 Å². The van der Waals surface area contributed by atoms with Gasteiger partial charge in [-0.1, -0.05) is 13.8 Å². The summed E-state index contributed by atoms with van der Waals surface area (Å²) in [5, 5.41) is 7.35. The summed E-state index contributed by atoms with van der Waals surface area (Å²) in [5.41, 5.74) is 0. The predicted octanol–water partition coefficient (Wildman–Crippen LogP) is 2.15. The van der Waals surface area contributed by atoms with Crippen molar-refractivity contribution in [1.82, 2.24) is 10.6 Å². The second-order valence-corrected chi connectivity index (χ2v) is 5.71. The van der Waals surface area contributed by atoms with Gasteiger partial charge in [-0.05, 0) is 50.5 Å². The third kappa shape index (κ3) is 3.18. The van der Waals surface area contributed by atoms with Gasteiger partial charge in [0.05, 0.1) is 0 Å². The van der Waals surface area contributed by atoms with Gasteiger partial charge in [0.15, 0.2) is 0 Å². The molecule has 0 bridgehead atoms. The monoisotopic (exact) mass is 210 g/mol. The summed E-state index contributed by atoms with van der Waals surface area (Å²) >= 11 is 0. The highest BCUT2D eigenvalue weighted by Gasteiger charge is 2.27. The Morgan fingerprint density at radius 2 is 2.00 bits per heavy atom. The van der Waals surface area contributed by atoms with Crippen molar-refractivity contribution in [2.24, 2.45) is 11.8 Å². The molecule has 0 aromatic rings. The lowest BCUT2D eigenvalue weighted by Crippen LogP contribution is -2.50. The number of piperidine rings is 1. The highest BCUT2D eigenvalue weighted by atomic mass is 15.0. The average molecular weight is 210 g/mol. The molecule has 1 saturated carbocycles. The molecule has 2 aliphatic rings.